The van der Waals surface area contributed by atoms with E-state index < -0.39 is 6.10 Å². The SMILES string of the molecule is CC1Oc2ccc(NC(=O)/C=C/c3ccc(I)o3)cc2NC1=O. The van der Waals surface area contributed by atoms with Crippen LogP contribution in [0.25, 0.3) is 6.08 Å². The van der Waals surface area contributed by atoms with Crippen LogP contribution < -0.4 is 15.4 Å². The van der Waals surface area contributed by atoms with Crippen LogP contribution >= 0.6 is 22.6 Å². The van der Waals surface area contributed by atoms with Crippen LogP contribution in [0.3, 0.4) is 0 Å². The molecule has 0 fully saturated rings. The van der Waals surface area contributed by atoms with E-state index in [9.17, 15) is 9.59 Å². The van der Waals surface area contributed by atoms with Crippen molar-refractivity contribution in [1.82, 2.24) is 0 Å². The molecule has 2 heterocycles. The lowest BCUT2D eigenvalue weighted by molar-refractivity contribution is -0.122. The maximum atomic E-state index is 11.9. The molecule has 1 aromatic heterocycles. The first-order chi connectivity index (χ1) is 11.0. The molecule has 7 heteroatoms. The summed E-state index contributed by atoms with van der Waals surface area (Å²) >= 11 is 2.05. The number of rotatable bonds is 3. The number of halogens is 1. The van der Waals surface area contributed by atoms with Crippen molar-refractivity contribution in [3.63, 3.8) is 0 Å². The molecular formula is C16H13IN2O4. The van der Waals surface area contributed by atoms with Gasteiger partial charge in [-0.05, 0) is 65.9 Å². The monoisotopic (exact) mass is 424 g/mol. The fourth-order valence-electron chi connectivity index (χ4n) is 2.05. The zero-order valence-corrected chi connectivity index (χ0v) is 14.3. The Morgan fingerprint density at radius 2 is 2.17 bits per heavy atom. The zero-order chi connectivity index (χ0) is 16.4. The van der Waals surface area contributed by atoms with E-state index in [1.807, 2.05) is 6.07 Å². The van der Waals surface area contributed by atoms with Crippen LogP contribution in [0, 0.1) is 3.77 Å². The maximum Gasteiger partial charge on any atom is 0.265 e. The van der Waals surface area contributed by atoms with Gasteiger partial charge in [0.15, 0.2) is 9.87 Å². The number of ether oxygens (including phenoxy) is 1. The van der Waals surface area contributed by atoms with Crippen LogP contribution in [0.15, 0.2) is 40.8 Å². The normalized spacial score (nSPS) is 16.6. The van der Waals surface area contributed by atoms with Gasteiger partial charge in [0, 0.05) is 11.8 Å². The van der Waals surface area contributed by atoms with Gasteiger partial charge in [0.25, 0.3) is 5.91 Å². The summed E-state index contributed by atoms with van der Waals surface area (Å²) in [5.74, 6) is 0.668. The molecule has 1 atom stereocenters. The van der Waals surface area contributed by atoms with E-state index in [2.05, 4.69) is 33.2 Å². The van der Waals surface area contributed by atoms with E-state index in [4.69, 9.17) is 9.15 Å². The molecular weight excluding hydrogens is 411 g/mol. The number of carbonyl (C=O) groups excluding carboxylic acids is 2. The second-order valence-electron chi connectivity index (χ2n) is 4.92. The Labute approximate surface area is 146 Å². The summed E-state index contributed by atoms with van der Waals surface area (Å²) in [4.78, 5) is 23.5. The molecule has 23 heavy (non-hydrogen) atoms. The molecule has 1 unspecified atom stereocenters. The highest BCUT2D eigenvalue weighted by Crippen LogP contribution is 2.32. The highest BCUT2D eigenvalue weighted by Gasteiger charge is 2.23. The van der Waals surface area contributed by atoms with Gasteiger partial charge in [0.05, 0.1) is 5.69 Å². The molecule has 0 aliphatic carbocycles. The van der Waals surface area contributed by atoms with Gasteiger partial charge < -0.3 is 19.8 Å². The summed E-state index contributed by atoms with van der Waals surface area (Å²) in [5.41, 5.74) is 1.10. The number of anilines is 2. The lowest BCUT2D eigenvalue weighted by atomic mass is 10.2. The third-order valence-electron chi connectivity index (χ3n) is 3.17. The van der Waals surface area contributed by atoms with E-state index >= 15 is 0 Å². The van der Waals surface area contributed by atoms with E-state index in [1.54, 1.807) is 37.3 Å². The van der Waals surface area contributed by atoms with Gasteiger partial charge in [-0.1, -0.05) is 0 Å². The van der Waals surface area contributed by atoms with E-state index in [0.717, 1.165) is 3.77 Å². The molecule has 0 radical (unpaired) electrons. The number of furan rings is 1. The largest absolute Gasteiger partial charge is 0.479 e. The fraction of sp³-hybridized carbons (Fsp3) is 0.125. The average Bonchev–Trinajstić information content (AvgIpc) is 2.92. The molecule has 0 bridgehead atoms. The highest BCUT2D eigenvalue weighted by molar-refractivity contribution is 14.1. The molecule has 3 rings (SSSR count). The van der Waals surface area contributed by atoms with Gasteiger partial charge in [0.2, 0.25) is 5.91 Å². The third-order valence-corrected chi connectivity index (χ3v) is 3.75. The molecule has 0 saturated carbocycles. The van der Waals surface area contributed by atoms with Gasteiger partial charge in [-0.15, -0.1) is 0 Å². The molecule has 2 amide bonds. The standard InChI is InChI=1S/C16H13IN2O4/c1-9-16(21)19-12-8-10(2-5-13(12)22-9)18-15(20)7-4-11-3-6-14(17)23-11/h2-9H,1H3,(H,18,20)(H,19,21)/b7-4+. The maximum absolute atomic E-state index is 11.9. The molecule has 2 N–H and O–H groups in total. The van der Waals surface area contributed by atoms with Crippen molar-refractivity contribution < 1.29 is 18.7 Å². The van der Waals surface area contributed by atoms with Crippen LogP contribution in [0.1, 0.15) is 12.7 Å². The Kier molecular flexibility index (Phi) is 4.37. The van der Waals surface area contributed by atoms with Gasteiger partial charge >= 0.3 is 0 Å². The molecule has 118 valence electrons. The van der Waals surface area contributed by atoms with Crippen molar-refractivity contribution >= 4 is 51.9 Å². The first-order valence-corrected chi connectivity index (χ1v) is 7.95. The smallest absolute Gasteiger partial charge is 0.265 e. The van der Waals surface area contributed by atoms with E-state index in [0.29, 0.717) is 22.9 Å². The van der Waals surface area contributed by atoms with Gasteiger partial charge in [-0.2, -0.15) is 0 Å². The number of nitrogens with one attached hydrogen (secondary N) is 2. The van der Waals surface area contributed by atoms with Crippen molar-refractivity contribution in [2.45, 2.75) is 13.0 Å². The minimum Gasteiger partial charge on any atom is -0.479 e. The minimum atomic E-state index is -0.526. The van der Waals surface area contributed by atoms with E-state index in [-0.39, 0.29) is 11.8 Å². The van der Waals surface area contributed by atoms with Crippen LogP contribution in [0.4, 0.5) is 11.4 Å². The number of carbonyl (C=O) groups is 2. The average molecular weight is 424 g/mol. The molecule has 1 aliphatic rings. The number of hydrogen-bond donors (Lipinski definition) is 2. The Balaban J connectivity index is 1.68. The van der Waals surface area contributed by atoms with Gasteiger partial charge in [-0.3, -0.25) is 9.59 Å². The Morgan fingerprint density at radius 1 is 1.35 bits per heavy atom. The van der Waals surface area contributed by atoms with Crippen molar-refractivity contribution in [2.75, 3.05) is 10.6 Å². The predicted molar refractivity (Wildman–Crippen MR) is 94.3 cm³/mol. The second kappa shape index (κ2) is 6.45. The van der Waals surface area contributed by atoms with Gasteiger partial charge in [0.1, 0.15) is 11.5 Å². The first kappa shape index (κ1) is 15.6. The zero-order valence-electron chi connectivity index (χ0n) is 12.1. The summed E-state index contributed by atoms with van der Waals surface area (Å²) in [5, 5.41) is 5.45. The summed E-state index contributed by atoms with van der Waals surface area (Å²) < 4.78 is 11.5. The Hall–Kier alpha value is -2.29. The summed E-state index contributed by atoms with van der Waals surface area (Å²) in [6.45, 7) is 1.68. The molecule has 0 saturated heterocycles. The third kappa shape index (κ3) is 3.73. The number of fused-ring (bicyclic) bond motifs is 1. The Morgan fingerprint density at radius 3 is 2.91 bits per heavy atom. The number of benzene rings is 1. The predicted octanol–water partition coefficient (Wildman–Crippen LogP) is 3.26. The van der Waals surface area contributed by atoms with Crippen molar-refractivity contribution in [1.29, 1.82) is 0 Å². The van der Waals surface area contributed by atoms with Crippen molar-refractivity contribution in [3.05, 3.63) is 45.9 Å². The molecule has 1 aliphatic heterocycles. The van der Waals surface area contributed by atoms with Gasteiger partial charge in [-0.25, -0.2) is 0 Å². The summed E-state index contributed by atoms with van der Waals surface area (Å²) in [6, 6.07) is 8.66. The van der Waals surface area contributed by atoms with Crippen LogP contribution in [0.5, 0.6) is 5.75 Å². The lowest BCUT2D eigenvalue weighted by Crippen LogP contribution is -2.34. The summed E-state index contributed by atoms with van der Waals surface area (Å²) in [6.07, 6.45) is 2.44. The minimum absolute atomic E-state index is 0.215. The topological polar surface area (TPSA) is 80.6 Å². The quantitative estimate of drug-likeness (QED) is 0.586. The number of hydrogen-bond acceptors (Lipinski definition) is 4. The van der Waals surface area contributed by atoms with Crippen molar-refractivity contribution in [3.8, 4) is 5.75 Å². The highest BCUT2D eigenvalue weighted by atomic mass is 127. The second-order valence-corrected chi connectivity index (χ2v) is 5.99. The van der Waals surface area contributed by atoms with Crippen LogP contribution in [-0.4, -0.2) is 17.9 Å². The first-order valence-electron chi connectivity index (χ1n) is 6.87. The lowest BCUT2D eigenvalue weighted by Gasteiger charge is -2.23. The summed E-state index contributed by atoms with van der Waals surface area (Å²) in [7, 11) is 0. The van der Waals surface area contributed by atoms with E-state index in [1.165, 1.54) is 6.08 Å². The fourth-order valence-corrected chi connectivity index (χ4v) is 2.48. The number of amides is 2. The molecule has 0 spiro atoms. The molecule has 6 nitrogen and oxygen atoms in total. The van der Waals surface area contributed by atoms with Crippen molar-refractivity contribution in [2.24, 2.45) is 0 Å². The molecule has 2 aromatic rings. The Bertz CT molecular complexity index is 797. The van der Waals surface area contributed by atoms with Crippen LogP contribution in [-0.2, 0) is 9.59 Å². The molecule has 1 aromatic carbocycles. The van der Waals surface area contributed by atoms with Crippen LogP contribution in [0.2, 0.25) is 0 Å².